The van der Waals surface area contributed by atoms with Crippen molar-refractivity contribution in [3.63, 3.8) is 0 Å². The fraction of sp³-hybridized carbons (Fsp3) is 0.647. The number of hydrogen-bond acceptors (Lipinski definition) is 2. The van der Waals surface area contributed by atoms with Crippen LogP contribution >= 0.6 is 23.2 Å². The fourth-order valence-electron chi connectivity index (χ4n) is 3.09. The summed E-state index contributed by atoms with van der Waals surface area (Å²) in [5.41, 5.74) is 1.44. The molecule has 0 aromatic heterocycles. The van der Waals surface area contributed by atoms with Crippen molar-refractivity contribution in [1.82, 2.24) is 10.2 Å². The van der Waals surface area contributed by atoms with Gasteiger partial charge in [-0.05, 0) is 30.9 Å². The molecule has 1 atom stereocenters. The molecule has 1 unspecified atom stereocenters. The summed E-state index contributed by atoms with van der Waals surface area (Å²) in [7, 11) is 0. The van der Waals surface area contributed by atoms with Gasteiger partial charge in [-0.1, -0.05) is 56.1 Å². The molecule has 0 bridgehead atoms. The van der Waals surface area contributed by atoms with Crippen LogP contribution in [0.2, 0.25) is 10.0 Å². The van der Waals surface area contributed by atoms with Crippen molar-refractivity contribution >= 4 is 23.2 Å². The molecule has 118 valence electrons. The number of nitrogens with zero attached hydrogens (tertiary/aromatic N) is 1. The molecule has 0 amide bonds. The van der Waals surface area contributed by atoms with E-state index in [1.54, 1.807) is 0 Å². The number of hydrogen-bond donors (Lipinski definition) is 1. The zero-order valence-corrected chi connectivity index (χ0v) is 15.1. The summed E-state index contributed by atoms with van der Waals surface area (Å²) in [5, 5.41) is 4.97. The molecule has 0 aliphatic carbocycles. The summed E-state index contributed by atoms with van der Waals surface area (Å²) in [6, 6.07) is 6.36. The van der Waals surface area contributed by atoms with Gasteiger partial charge in [-0.25, -0.2) is 0 Å². The van der Waals surface area contributed by atoms with E-state index < -0.39 is 0 Å². The third-order valence-electron chi connectivity index (χ3n) is 4.22. The smallest absolute Gasteiger partial charge is 0.0637 e. The van der Waals surface area contributed by atoms with Crippen LogP contribution in [0.3, 0.4) is 0 Å². The lowest BCUT2D eigenvalue weighted by Gasteiger charge is -2.49. The van der Waals surface area contributed by atoms with Crippen molar-refractivity contribution in [2.45, 2.75) is 52.7 Å². The summed E-state index contributed by atoms with van der Waals surface area (Å²) < 4.78 is 0. The molecule has 1 heterocycles. The Hall–Kier alpha value is -0.280. The molecule has 1 fully saturated rings. The fourth-order valence-corrected chi connectivity index (χ4v) is 3.47. The predicted octanol–water partition coefficient (Wildman–Crippen LogP) is 4.59. The highest BCUT2D eigenvalue weighted by Gasteiger charge is 2.38. The first-order valence-electron chi connectivity index (χ1n) is 7.52. The van der Waals surface area contributed by atoms with Crippen LogP contribution in [0, 0.1) is 5.41 Å². The molecule has 1 aliphatic rings. The van der Waals surface area contributed by atoms with Gasteiger partial charge >= 0.3 is 0 Å². The van der Waals surface area contributed by atoms with Crippen LogP contribution in [0.15, 0.2) is 18.2 Å². The van der Waals surface area contributed by atoms with E-state index in [1.807, 2.05) is 12.1 Å². The Labute approximate surface area is 138 Å². The number of nitrogens with one attached hydrogen (secondary N) is 1. The molecule has 0 radical (unpaired) electrons. The Balaban J connectivity index is 2.26. The first-order chi connectivity index (χ1) is 9.60. The largest absolute Gasteiger partial charge is 0.309 e. The Morgan fingerprint density at radius 3 is 2.57 bits per heavy atom. The van der Waals surface area contributed by atoms with E-state index in [0.29, 0.717) is 16.1 Å². The van der Waals surface area contributed by atoms with E-state index in [9.17, 15) is 0 Å². The highest BCUT2D eigenvalue weighted by molar-refractivity contribution is 6.42. The van der Waals surface area contributed by atoms with E-state index in [2.05, 4.69) is 50.9 Å². The first kappa shape index (κ1) is 17.1. The Bertz CT molecular complexity index is 506. The molecular weight excluding hydrogens is 303 g/mol. The van der Waals surface area contributed by atoms with Crippen molar-refractivity contribution in [1.29, 1.82) is 0 Å². The number of piperazine rings is 1. The number of benzene rings is 1. The van der Waals surface area contributed by atoms with E-state index in [0.717, 1.165) is 25.2 Å². The van der Waals surface area contributed by atoms with Gasteiger partial charge in [-0.15, -0.1) is 0 Å². The molecule has 0 spiro atoms. The molecule has 1 aromatic carbocycles. The molecule has 1 aromatic rings. The Morgan fingerprint density at radius 1 is 1.29 bits per heavy atom. The first-order valence-corrected chi connectivity index (χ1v) is 8.28. The third-order valence-corrected chi connectivity index (χ3v) is 5.08. The average Bonchev–Trinajstić information content (AvgIpc) is 2.32. The normalized spacial score (nSPS) is 23.3. The number of halogens is 2. The van der Waals surface area contributed by atoms with Crippen LogP contribution < -0.4 is 5.32 Å². The maximum absolute atomic E-state index is 6.37. The maximum atomic E-state index is 6.37. The highest BCUT2D eigenvalue weighted by atomic mass is 35.5. The minimum absolute atomic E-state index is 0.118. The van der Waals surface area contributed by atoms with Crippen LogP contribution in [0.4, 0.5) is 0 Å². The lowest BCUT2D eigenvalue weighted by molar-refractivity contribution is 0.0272. The van der Waals surface area contributed by atoms with Gasteiger partial charge in [0.05, 0.1) is 10.0 Å². The second-order valence-electron chi connectivity index (χ2n) is 7.76. The number of rotatable bonds is 2. The van der Waals surface area contributed by atoms with Gasteiger partial charge in [0, 0.05) is 31.2 Å². The molecular formula is C17H26Cl2N2. The van der Waals surface area contributed by atoms with Crippen LogP contribution in [0.1, 0.15) is 40.2 Å². The van der Waals surface area contributed by atoms with E-state index >= 15 is 0 Å². The highest BCUT2D eigenvalue weighted by Crippen LogP contribution is 2.32. The van der Waals surface area contributed by atoms with Crippen molar-refractivity contribution in [2.75, 3.05) is 13.1 Å². The monoisotopic (exact) mass is 328 g/mol. The third kappa shape index (κ3) is 4.13. The maximum Gasteiger partial charge on any atom is 0.0637 e. The van der Waals surface area contributed by atoms with Gasteiger partial charge in [0.2, 0.25) is 0 Å². The van der Waals surface area contributed by atoms with Gasteiger partial charge in [-0.2, -0.15) is 0 Å². The quantitative estimate of drug-likeness (QED) is 0.853. The van der Waals surface area contributed by atoms with Gasteiger partial charge in [0.25, 0.3) is 0 Å². The van der Waals surface area contributed by atoms with E-state index in [1.165, 1.54) is 0 Å². The summed E-state index contributed by atoms with van der Waals surface area (Å²) in [6.45, 7) is 14.2. The minimum Gasteiger partial charge on any atom is -0.309 e. The average molecular weight is 329 g/mol. The second kappa shape index (κ2) is 6.08. The lowest BCUT2D eigenvalue weighted by Crippen LogP contribution is -2.64. The van der Waals surface area contributed by atoms with Gasteiger partial charge in [0.15, 0.2) is 0 Å². The second-order valence-corrected chi connectivity index (χ2v) is 8.55. The van der Waals surface area contributed by atoms with Crippen molar-refractivity contribution in [3.05, 3.63) is 33.8 Å². The molecule has 1 aliphatic heterocycles. The minimum atomic E-state index is 0.118. The standard InChI is InChI=1S/C17H26Cl2N2/c1-16(2,3)14-9-20-17(4,5)11-21(14)10-12-7-6-8-13(18)15(12)19/h6-8,14,20H,9-11H2,1-5H3. The molecule has 21 heavy (non-hydrogen) atoms. The summed E-state index contributed by atoms with van der Waals surface area (Å²) in [6.07, 6.45) is 0. The van der Waals surface area contributed by atoms with Crippen molar-refractivity contribution in [2.24, 2.45) is 5.41 Å². The van der Waals surface area contributed by atoms with Crippen LogP contribution in [0.25, 0.3) is 0 Å². The lowest BCUT2D eigenvalue weighted by atomic mass is 9.82. The topological polar surface area (TPSA) is 15.3 Å². The van der Waals surface area contributed by atoms with Crippen molar-refractivity contribution < 1.29 is 0 Å². The molecule has 1 N–H and O–H groups in total. The van der Waals surface area contributed by atoms with E-state index in [4.69, 9.17) is 23.2 Å². The molecule has 2 rings (SSSR count). The van der Waals surface area contributed by atoms with Gasteiger partial charge < -0.3 is 5.32 Å². The summed E-state index contributed by atoms with van der Waals surface area (Å²) in [5.74, 6) is 0. The predicted molar refractivity (Wildman–Crippen MR) is 92.2 cm³/mol. The summed E-state index contributed by atoms with van der Waals surface area (Å²) >= 11 is 12.5. The zero-order valence-electron chi connectivity index (χ0n) is 13.6. The van der Waals surface area contributed by atoms with Crippen LogP contribution in [-0.2, 0) is 6.54 Å². The van der Waals surface area contributed by atoms with Crippen molar-refractivity contribution in [3.8, 4) is 0 Å². The molecule has 1 saturated heterocycles. The Kier molecular flexibility index (Phi) is 4.94. The van der Waals surface area contributed by atoms with Gasteiger partial charge in [-0.3, -0.25) is 4.90 Å². The van der Waals surface area contributed by atoms with E-state index in [-0.39, 0.29) is 11.0 Å². The Morgan fingerprint density at radius 2 is 1.95 bits per heavy atom. The zero-order chi connectivity index (χ0) is 15.8. The van der Waals surface area contributed by atoms with Gasteiger partial charge in [0.1, 0.15) is 0 Å². The summed E-state index contributed by atoms with van der Waals surface area (Å²) in [4.78, 5) is 2.54. The van der Waals surface area contributed by atoms with Crippen LogP contribution in [-0.4, -0.2) is 29.6 Å². The SMILES string of the molecule is CC1(C)CN(Cc2cccc(Cl)c2Cl)C(C(C)(C)C)CN1. The van der Waals surface area contributed by atoms with Crippen LogP contribution in [0.5, 0.6) is 0 Å². The molecule has 4 heteroatoms. The molecule has 2 nitrogen and oxygen atoms in total. The molecule has 0 saturated carbocycles.